The molecule has 1 aliphatic heterocycles. The van der Waals surface area contributed by atoms with E-state index in [9.17, 15) is 13.6 Å². The van der Waals surface area contributed by atoms with Crippen molar-refractivity contribution in [1.82, 2.24) is 14.8 Å². The molecule has 2 aromatic heterocycles. The summed E-state index contributed by atoms with van der Waals surface area (Å²) in [6.45, 7) is 1.39. The summed E-state index contributed by atoms with van der Waals surface area (Å²) in [6, 6.07) is 3.49. The molecule has 1 saturated heterocycles. The molecule has 2 aliphatic rings. The summed E-state index contributed by atoms with van der Waals surface area (Å²) < 4.78 is 41.3. The van der Waals surface area contributed by atoms with Crippen molar-refractivity contribution in [3.8, 4) is 16.5 Å². The number of nitrogen functional groups attached to an aromatic ring is 1. The summed E-state index contributed by atoms with van der Waals surface area (Å²) in [4.78, 5) is 16.9. The van der Waals surface area contributed by atoms with Gasteiger partial charge in [-0.15, -0.1) is 0 Å². The molecule has 1 spiro atoms. The van der Waals surface area contributed by atoms with Gasteiger partial charge in [0, 0.05) is 19.1 Å². The molecule has 2 atom stereocenters. The van der Waals surface area contributed by atoms with Gasteiger partial charge in [0.2, 0.25) is 5.88 Å². The molecule has 162 valence electrons. The lowest BCUT2D eigenvalue weighted by Crippen LogP contribution is -2.17. The van der Waals surface area contributed by atoms with Crippen LogP contribution in [-0.2, 0) is 11.8 Å². The standard InChI is InChI=1S/C20H19F2N5O3S/c1-27-19(30-13-7-20(13)5-6-29-9-20)12(8-24-27)25-17(28)15-16(23)31-18(26-15)14-10(21)3-2-4-11(14)22/h2-4,8,13H,5-7,9,23H2,1H3,(H,25,28). The quantitative estimate of drug-likeness (QED) is 0.622. The van der Waals surface area contributed by atoms with Gasteiger partial charge in [-0.1, -0.05) is 17.4 Å². The number of benzene rings is 1. The summed E-state index contributed by atoms with van der Waals surface area (Å²) in [5.41, 5.74) is 5.90. The number of aromatic nitrogens is 3. The maximum Gasteiger partial charge on any atom is 0.277 e. The molecule has 2 unspecified atom stereocenters. The lowest BCUT2D eigenvalue weighted by molar-refractivity contribution is 0.102. The maximum absolute atomic E-state index is 14.1. The Bertz CT molecular complexity index is 1150. The highest BCUT2D eigenvalue weighted by molar-refractivity contribution is 7.19. The molecule has 0 radical (unpaired) electrons. The molecule has 3 aromatic rings. The van der Waals surface area contributed by atoms with Crippen molar-refractivity contribution < 1.29 is 23.0 Å². The predicted octanol–water partition coefficient (Wildman–Crippen LogP) is 3.21. The van der Waals surface area contributed by atoms with E-state index in [1.165, 1.54) is 16.9 Å². The average molecular weight is 447 g/mol. The molecule has 1 saturated carbocycles. The Kier molecular flexibility index (Phi) is 4.67. The first-order chi connectivity index (χ1) is 14.9. The van der Waals surface area contributed by atoms with Gasteiger partial charge in [-0.25, -0.2) is 18.4 Å². The smallest absolute Gasteiger partial charge is 0.277 e. The van der Waals surface area contributed by atoms with E-state index in [0.29, 0.717) is 18.2 Å². The van der Waals surface area contributed by atoms with Gasteiger partial charge in [0.1, 0.15) is 33.4 Å². The van der Waals surface area contributed by atoms with Crippen molar-refractivity contribution in [2.75, 3.05) is 24.3 Å². The fraction of sp³-hybridized carbons (Fsp3) is 0.350. The van der Waals surface area contributed by atoms with Crippen LogP contribution < -0.4 is 15.8 Å². The van der Waals surface area contributed by atoms with Gasteiger partial charge >= 0.3 is 0 Å². The van der Waals surface area contributed by atoms with Crippen LogP contribution in [0.15, 0.2) is 24.4 Å². The number of nitrogens with one attached hydrogen (secondary N) is 1. The van der Waals surface area contributed by atoms with Crippen LogP contribution in [0.5, 0.6) is 5.88 Å². The average Bonchev–Trinajstić information content (AvgIpc) is 3.05. The first-order valence-corrected chi connectivity index (χ1v) is 10.5. The Morgan fingerprint density at radius 3 is 2.90 bits per heavy atom. The van der Waals surface area contributed by atoms with Crippen LogP contribution in [0.3, 0.4) is 0 Å². The van der Waals surface area contributed by atoms with Crippen LogP contribution in [0, 0.1) is 17.0 Å². The third-order valence-corrected chi connectivity index (χ3v) is 6.58. The third-order valence-electron chi connectivity index (χ3n) is 5.68. The molecular weight excluding hydrogens is 428 g/mol. The van der Waals surface area contributed by atoms with E-state index in [0.717, 1.165) is 42.9 Å². The van der Waals surface area contributed by atoms with Crippen molar-refractivity contribution in [2.45, 2.75) is 18.9 Å². The summed E-state index contributed by atoms with van der Waals surface area (Å²) in [5, 5.41) is 6.88. The van der Waals surface area contributed by atoms with E-state index in [-0.39, 0.29) is 32.8 Å². The fourth-order valence-corrected chi connectivity index (χ4v) is 4.66. The molecular formula is C20H19F2N5O3S. The van der Waals surface area contributed by atoms with Gasteiger partial charge < -0.3 is 20.5 Å². The Balaban J connectivity index is 1.36. The monoisotopic (exact) mass is 447 g/mol. The summed E-state index contributed by atoms with van der Waals surface area (Å²) in [5.74, 6) is -1.77. The summed E-state index contributed by atoms with van der Waals surface area (Å²) >= 11 is 0.837. The van der Waals surface area contributed by atoms with E-state index >= 15 is 0 Å². The number of rotatable bonds is 5. The van der Waals surface area contributed by atoms with E-state index in [2.05, 4.69) is 15.4 Å². The number of ether oxygens (including phenoxy) is 2. The first kappa shape index (κ1) is 19.9. The number of carbonyl (C=O) groups is 1. The van der Waals surface area contributed by atoms with Crippen LogP contribution in [0.1, 0.15) is 23.3 Å². The van der Waals surface area contributed by atoms with Crippen LogP contribution in [0.4, 0.5) is 19.5 Å². The lowest BCUT2D eigenvalue weighted by atomic mass is 10.1. The Labute approximate surface area is 180 Å². The van der Waals surface area contributed by atoms with Crippen molar-refractivity contribution in [1.29, 1.82) is 0 Å². The molecule has 1 aromatic carbocycles. The minimum atomic E-state index is -0.780. The number of hydrogen-bond acceptors (Lipinski definition) is 7. The Morgan fingerprint density at radius 1 is 1.42 bits per heavy atom. The zero-order chi connectivity index (χ0) is 21.8. The second-order valence-corrected chi connectivity index (χ2v) is 8.78. The van der Waals surface area contributed by atoms with Crippen LogP contribution in [-0.4, -0.2) is 40.0 Å². The van der Waals surface area contributed by atoms with Gasteiger partial charge in [0.15, 0.2) is 5.69 Å². The third kappa shape index (κ3) is 3.43. The molecule has 2 fully saturated rings. The minimum Gasteiger partial charge on any atom is -0.472 e. The molecule has 1 amide bonds. The van der Waals surface area contributed by atoms with Gasteiger partial charge in [-0.3, -0.25) is 4.79 Å². The topological polar surface area (TPSA) is 104 Å². The zero-order valence-corrected chi connectivity index (χ0v) is 17.3. The molecule has 31 heavy (non-hydrogen) atoms. The Hall–Kier alpha value is -3.05. The minimum absolute atomic E-state index is 0.000952. The first-order valence-electron chi connectivity index (χ1n) is 9.66. The van der Waals surface area contributed by atoms with Gasteiger partial charge in [-0.05, 0) is 25.0 Å². The molecule has 11 heteroatoms. The largest absolute Gasteiger partial charge is 0.472 e. The normalized spacial score (nSPS) is 22.1. The number of nitrogens with two attached hydrogens (primary N) is 1. The number of nitrogens with zero attached hydrogens (tertiary/aromatic N) is 3. The summed E-state index contributed by atoms with van der Waals surface area (Å²) in [6.07, 6.45) is 3.30. The van der Waals surface area contributed by atoms with Crippen LogP contribution in [0.25, 0.3) is 10.6 Å². The predicted molar refractivity (Wildman–Crippen MR) is 110 cm³/mol. The number of carbonyl (C=O) groups excluding carboxylic acids is 1. The number of thiazole rings is 1. The highest BCUT2D eigenvalue weighted by atomic mass is 32.1. The fourth-order valence-electron chi connectivity index (χ4n) is 3.79. The van der Waals surface area contributed by atoms with Crippen molar-refractivity contribution in [3.63, 3.8) is 0 Å². The molecule has 0 bridgehead atoms. The molecule has 8 nitrogen and oxygen atoms in total. The highest BCUT2D eigenvalue weighted by Crippen LogP contribution is 2.54. The van der Waals surface area contributed by atoms with Crippen molar-refractivity contribution in [3.05, 3.63) is 41.7 Å². The summed E-state index contributed by atoms with van der Waals surface area (Å²) in [7, 11) is 1.71. The van der Waals surface area contributed by atoms with E-state index in [1.807, 2.05) is 0 Å². The number of anilines is 2. The van der Waals surface area contributed by atoms with Crippen LogP contribution in [0.2, 0.25) is 0 Å². The molecule has 3 N–H and O–H groups in total. The van der Waals surface area contributed by atoms with Gasteiger partial charge in [0.25, 0.3) is 5.91 Å². The van der Waals surface area contributed by atoms with Gasteiger partial charge in [-0.2, -0.15) is 5.10 Å². The molecule has 1 aliphatic carbocycles. The van der Waals surface area contributed by atoms with Crippen molar-refractivity contribution >= 4 is 27.9 Å². The van der Waals surface area contributed by atoms with E-state index < -0.39 is 17.5 Å². The van der Waals surface area contributed by atoms with Crippen molar-refractivity contribution in [2.24, 2.45) is 12.5 Å². The second-order valence-electron chi connectivity index (χ2n) is 7.75. The Morgan fingerprint density at radius 2 is 2.19 bits per heavy atom. The van der Waals surface area contributed by atoms with Gasteiger partial charge in [0.05, 0.1) is 18.4 Å². The van der Waals surface area contributed by atoms with E-state index in [1.54, 1.807) is 7.05 Å². The molecule has 5 rings (SSSR count). The van der Waals surface area contributed by atoms with Crippen LogP contribution >= 0.6 is 11.3 Å². The molecule has 3 heterocycles. The second kappa shape index (κ2) is 7.27. The number of amides is 1. The number of aryl methyl sites for hydroxylation is 1. The number of hydrogen-bond donors (Lipinski definition) is 2. The number of halogens is 2. The van der Waals surface area contributed by atoms with E-state index in [4.69, 9.17) is 15.2 Å². The zero-order valence-electron chi connectivity index (χ0n) is 16.5. The SMILES string of the molecule is Cn1ncc(NC(=O)c2nc(-c3c(F)cccc3F)sc2N)c1OC1CC12CCOC2. The maximum atomic E-state index is 14.1. The lowest BCUT2D eigenvalue weighted by Gasteiger charge is -2.12. The highest BCUT2D eigenvalue weighted by Gasteiger charge is 2.59.